The Bertz CT molecular complexity index is 382. The van der Waals surface area contributed by atoms with E-state index in [0.717, 1.165) is 13.0 Å². The van der Waals surface area contributed by atoms with Gasteiger partial charge in [0.15, 0.2) is 0 Å². The first-order valence-corrected chi connectivity index (χ1v) is 5.37. The highest BCUT2D eigenvalue weighted by Crippen LogP contribution is 2.30. The van der Waals surface area contributed by atoms with E-state index in [9.17, 15) is 9.90 Å². The quantitative estimate of drug-likeness (QED) is 0.822. The summed E-state index contributed by atoms with van der Waals surface area (Å²) in [5.74, 6) is -0.0854. The van der Waals surface area contributed by atoms with Gasteiger partial charge in [-0.1, -0.05) is 0 Å². The van der Waals surface area contributed by atoms with Crippen LogP contribution in [-0.2, 0) is 11.3 Å². The molecule has 2 rings (SSSR count). The fraction of sp³-hybridized carbons (Fsp3) is 0.545. The molecule has 0 amide bonds. The second kappa shape index (κ2) is 4.17. The third-order valence-corrected chi connectivity index (χ3v) is 3.20. The summed E-state index contributed by atoms with van der Waals surface area (Å²) in [4.78, 5) is 21.4. The molecule has 2 heterocycles. The number of carbonyl (C=O) groups is 1. The van der Waals surface area contributed by atoms with Crippen LogP contribution in [0.5, 0.6) is 0 Å². The molecule has 16 heavy (non-hydrogen) atoms. The second-order valence-corrected chi connectivity index (χ2v) is 4.27. The van der Waals surface area contributed by atoms with E-state index in [1.165, 1.54) is 0 Å². The first-order chi connectivity index (χ1) is 7.63. The number of aromatic nitrogens is 2. The molecule has 0 bridgehead atoms. The van der Waals surface area contributed by atoms with Crippen molar-refractivity contribution in [2.24, 2.45) is 0 Å². The van der Waals surface area contributed by atoms with Gasteiger partial charge in [-0.25, -0.2) is 9.97 Å². The topological polar surface area (TPSA) is 66.3 Å². The zero-order chi connectivity index (χ0) is 11.6. The van der Waals surface area contributed by atoms with Crippen LogP contribution < -0.4 is 0 Å². The lowest BCUT2D eigenvalue weighted by Gasteiger charge is -2.30. The number of carboxylic acid groups (broad SMARTS) is 1. The van der Waals surface area contributed by atoms with Gasteiger partial charge >= 0.3 is 5.97 Å². The van der Waals surface area contributed by atoms with E-state index in [1.54, 1.807) is 25.4 Å². The van der Waals surface area contributed by atoms with E-state index in [0.29, 0.717) is 18.8 Å². The number of hydrogen-bond acceptors (Lipinski definition) is 4. The van der Waals surface area contributed by atoms with E-state index < -0.39 is 11.5 Å². The number of likely N-dealkylation sites (tertiary alicyclic amines) is 1. The molecule has 0 aliphatic carbocycles. The van der Waals surface area contributed by atoms with Crippen molar-refractivity contribution in [3.05, 3.63) is 24.3 Å². The third-order valence-electron chi connectivity index (χ3n) is 3.20. The molecule has 1 N–H and O–H groups in total. The highest BCUT2D eigenvalue weighted by atomic mass is 16.4. The molecule has 1 fully saturated rings. The Morgan fingerprint density at radius 2 is 2.25 bits per heavy atom. The van der Waals surface area contributed by atoms with E-state index in [-0.39, 0.29) is 0 Å². The summed E-state index contributed by atoms with van der Waals surface area (Å²) in [7, 11) is 0. The summed E-state index contributed by atoms with van der Waals surface area (Å²) in [5.41, 5.74) is -0.765. The van der Waals surface area contributed by atoms with Crippen LogP contribution >= 0.6 is 0 Å². The monoisotopic (exact) mass is 221 g/mol. The van der Waals surface area contributed by atoms with Crippen molar-refractivity contribution in [3.63, 3.8) is 0 Å². The van der Waals surface area contributed by atoms with Crippen molar-refractivity contribution in [1.82, 2.24) is 14.9 Å². The molecule has 1 saturated heterocycles. The maximum Gasteiger partial charge on any atom is 0.323 e. The van der Waals surface area contributed by atoms with Gasteiger partial charge in [0.1, 0.15) is 11.4 Å². The maximum atomic E-state index is 11.2. The van der Waals surface area contributed by atoms with Crippen LogP contribution in [0.15, 0.2) is 18.5 Å². The molecule has 86 valence electrons. The molecular weight excluding hydrogens is 206 g/mol. The predicted molar refractivity (Wildman–Crippen MR) is 57.7 cm³/mol. The van der Waals surface area contributed by atoms with Gasteiger partial charge in [-0.3, -0.25) is 9.69 Å². The third kappa shape index (κ3) is 1.90. The van der Waals surface area contributed by atoms with Crippen molar-refractivity contribution in [1.29, 1.82) is 0 Å². The summed E-state index contributed by atoms with van der Waals surface area (Å²) < 4.78 is 0. The molecule has 5 heteroatoms. The predicted octanol–water partition coefficient (Wildman–Crippen LogP) is 0.916. The Hall–Kier alpha value is -1.49. The first kappa shape index (κ1) is 11.0. The maximum absolute atomic E-state index is 11.2. The Balaban J connectivity index is 2.13. The van der Waals surface area contributed by atoms with Gasteiger partial charge < -0.3 is 5.11 Å². The lowest BCUT2D eigenvalue weighted by molar-refractivity contribution is -0.149. The molecular formula is C11H15N3O2. The fourth-order valence-electron chi connectivity index (χ4n) is 2.10. The molecule has 0 spiro atoms. The van der Waals surface area contributed by atoms with Crippen molar-refractivity contribution in [3.8, 4) is 0 Å². The van der Waals surface area contributed by atoms with Gasteiger partial charge in [0.05, 0.1) is 6.54 Å². The van der Waals surface area contributed by atoms with Gasteiger partial charge in [-0.15, -0.1) is 0 Å². The minimum Gasteiger partial charge on any atom is -0.480 e. The van der Waals surface area contributed by atoms with E-state index in [4.69, 9.17) is 0 Å². The first-order valence-electron chi connectivity index (χ1n) is 5.37. The molecule has 1 aromatic heterocycles. The highest BCUT2D eigenvalue weighted by molar-refractivity contribution is 5.78. The Labute approximate surface area is 94.1 Å². The summed E-state index contributed by atoms with van der Waals surface area (Å²) in [6.45, 7) is 3.07. The fourth-order valence-corrected chi connectivity index (χ4v) is 2.10. The number of aliphatic carboxylic acids is 1. The standard InChI is InChI=1S/C11H15N3O2/c1-11(10(15)16)4-2-7-14(11)8-9-12-5-3-6-13-9/h3,5-6H,2,4,7-8H2,1H3,(H,15,16). The molecule has 0 radical (unpaired) electrons. The highest BCUT2D eigenvalue weighted by Gasteiger charge is 2.43. The molecule has 1 aliphatic rings. The molecule has 1 unspecified atom stereocenters. The van der Waals surface area contributed by atoms with E-state index >= 15 is 0 Å². The Kier molecular flexibility index (Phi) is 2.87. The van der Waals surface area contributed by atoms with Crippen LogP contribution in [0.1, 0.15) is 25.6 Å². The van der Waals surface area contributed by atoms with Crippen molar-refractivity contribution < 1.29 is 9.90 Å². The van der Waals surface area contributed by atoms with Gasteiger partial charge in [-0.05, 0) is 32.4 Å². The lowest BCUT2D eigenvalue weighted by Crippen LogP contribution is -2.47. The van der Waals surface area contributed by atoms with Gasteiger partial charge in [0.25, 0.3) is 0 Å². The van der Waals surface area contributed by atoms with Crippen molar-refractivity contribution >= 4 is 5.97 Å². The normalized spacial score (nSPS) is 25.8. The average Bonchev–Trinajstić information content (AvgIpc) is 2.63. The summed E-state index contributed by atoms with van der Waals surface area (Å²) in [6, 6.07) is 1.75. The Morgan fingerprint density at radius 1 is 1.56 bits per heavy atom. The molecule has 1 aromatic rings. The number of rotatable bonds is 3. The average molecular weight is 221 g/mol. The zero-order valence-corrected chi connectivity index (χ0v) is 9.26. The van der Waals surface area contributed by atoms with E-state index in [2.05, 4.69) is 9.97 Å². The van der Waals surface area contributed by atoms with Gasteiger partial charge in [0, 0.05) is 12.4 Å². The van der Waals surface area contributed by atoms with Crippen molar-refractivity contribution in [2.75, 3.05) is 6.54 Å². The summed E-state index contributed by atoms with van der Waals surface area (Å²) in [6.07, 6.45) is 4.96. The molecule has 1 aliphatic heterocycles. The second-order valence-electron chi connectivity index (χ2n) is 4.27. The largest absolute Gasteiger partial charge is 0.480 e. The zero-order valence-electron chi connectivity index (χ0n) is 9.26. The smallest absolute Gasteiger partial charge is 0.323 e. The van der Waals surface area contributed by atoms with Crippen LogP contribution in [0.4, 0.5) is 0 Å². The SMILES string of the molecule is CC1(C(=O)O)CCCN1Cc1ncccn1. The van der Waals surface area contributed by atoms with Crippen LogP contribution in [0.3, 0.4) is 0 Å². The summed E-state index contributed by atoms with van der Waals surface area (Å²) in [5, 5.41) is 9.24. The van der Waals surface area contributed by atoms with Gasteiger partial charge in [-0.2, -0.15) is 0 Å². The van der Waals surface area contributed by atoms with Crippen LogP contribution in [-0.4, -0.2) is 38.0 Å². The molecule has 0 aromatic carbocycles. The lowest BCUT2D eigenvalue weighted by atomic mass is 9.99. The molecule has 5 nitrogen and oxygen atoms in total. The minimum absolute atomic E-state index is 0.504. The summed E-state index contributed by atoms with van der Waals surface area (Å²) >= 11 is 0. The van der Waals surface area contributed by atoms with Gasteiger partial charge in [0.2, 0.25) is 0 Å². The van der Waals surface area contributed by atoms with Crippen molar-refractivity contribution in [2.45, 2.75) is 31.8 Å². The molecule has 0 saturated carbocycles. The van der Waals surface area contributed by atoms with E-state index in [1.807, 2.05) is 4.90 Å². The number of nitrogens with zero attached hydrogens (tertiary/aromatic N) is 3. The number of hydrogen-bond donors (Lipinski definition) is 1. The van der Waals surface area contributed by atoms with Crippen LogP contribution in [0.25, 0.3) is 0 Å². The van der Waals surface area contributed by atoms with Crippen LogP contribution in [0.2, 0.25) is 0 Å². The Morgan fingerprint density at radius 3 is 2.88 bits per heavy atom. The number of carboxylic acids is 1. The van der Waals surface area contributed by atoms with Crippen LogP contribution in [0, 0.1) is 0 Å². The molecule has 1 atom stereocenters. The minimum atomic E-state index is -0.765.